The summed E-state index contributed by atoms with van der Waals surface area (Å²) in [7, 11) is 0. The van der Waals surface area contributed by atoms with Gasteiger partial charge in [0, 0.05) is 6.20 Å². The Kier molecular flexibility index (Phi) is 8.88. The molecule has 0 fully saturated rings. The fourth-order valence-corrected chi connectivity index (χ4v) is 2.77. The van der Waals surface area contributed by atoms with Gasteiger partial charge in [-0.1, -0.05) is 47.5 Å². The number of hydrogen-bond acceptors (Lipinski definition) is 4. The second kappa shape index (κ2) is 10.6. The van der Waals surface area contributed by atoms with Crippen molar-refractivity contribution in [2.24, 2.45) is 4.99 Å². The molecule has 1 aromatic heterocycles. The van der Waals surface area contributed by atoms with Gasteiger partial charge >= 0.3 is 16.5 Å². The van der Waals surface area contributed by atoms with E-state index in [-0.39, 0.29) is 16.5 Å². The monoisotopic (exact) mass is 418 g/mol. The topological polar surface area (TPSA) is 71.4 Å². The number of hydrogen-bond donors (Lipinski definition) is 0. The summed E-state index contributed by atoms with van der Waals surface area (Å²) in [6.07, 6.45) is 1.79. The first-order chi connectivity index (χ1) is 12.8. The second-order valence-electron chi connectivity index (χ2n) is 6.61. The number of aryl methyl sites for hydroxylation is 4. The maximum absolute atomic E-state index is 10.5. The largest absolute Gasteiger partial charge is 2.00 e. The van der Waals surface area contributed by atoms with E-state index in [2.05, 4.69) is 37.9 Å². The van der Waals surface area contributed by atoms with Crippen LogP contribution in [0.2, 0.25) is 0 Å². The standard InChI is InChI=1S/C16H18N2.C7H8O2.Ni/c1-11-9-12(2)16(13(3)10-11)18-14(4)15-7-5-6-8-17-15;1-5-2-3-6(8)7(9)4-5;/h5-10H,1-4H3;2-4,8-9H,1H3;/q;;+2/p-2. The molecule has 0 spiro atoms. The van der Waals surface area contributed by atoms with E-state index >= 15 is 0 Å². The fraction of sp³-hybridized carbons (Fsp3) is 0.217. The minimum Gasteiger partial charge on any atom is -0.873 e. The number of benzene rings is 2. The smallest absolute Gasteiger partial charge is 0.873 e. The van der Waals surface area contributed by atoms with Crippen LogP contribution in [0.5, 0.6) is 11.5 Å². The molecule has 0 atom stereocenters. The van der Waals surface area contributed by atoms with E-state index in [0.29, 0.717) is 0 Å². The molecule has 3 aromatic rings. The van der Waals surface area contributed by atoms with Crippen LogP contribution in [0.4, 0.5) is 5.69 Å². The summed E-state index contributed by atoms with van der Waals surface area (Å²) in [5.41, 5.74) is 7.47. The summed E-state index contributed by atoms with van der Waals surface area (Å²) in [6.45, 7) is 10.1. The van der Waals surface area contributed by atoms with E-state index in [1.165, 1.54) is 28.8 Å². The van der Waals surface area contributed by atoms with E-state index in [9.17, 15) is 10.2 Å². The molecule has 0 radical (unpaired) electrons. The van der Waals surface area contributed by atoms with Crippen molar-refractivity contribution in [1.82, 2.24) is 4.98 Å². The summed E-state index contributed by atoms with van der Waals surface area (Å²) in [6, 6.07) is 14.5. The number of aliphatic imine (C=N–C) groups is 1. The minimum absolute atomic E-state index is 0. The van der Waals surface area contributed by atoms with Crippen LogP contribution in [0.3, 0.4) is 0 Å². The normalized spacial score (nSPS) is 10.5. The van der Waals surface area contributed by atoms with Gasteiger partial charge in [-0.05, 0) is 57.9 Å². The molecule has 0 bridgehead atoms. The average molecular weight is 419 g/mol. The molecular weight excluding hydrogens is 395 g/mol. The van der Waals surface area contributed by atoms with Gasteiger partial charge in [-0.25, -0.2) is 0 Å². The molecule has 2 aromatic carbocycles. The minimum atomic E-state index is -0.430. The molecule has 0 aliphatic carbocycles. The molecule has 0 N–H and O–H groups in total. The van der Waals surface area contributed by atoms with Crippen molar-refractivity contribution in [3.8, 4) is 11.5 Å². The second-order valence-corrected chi connectivity index (χ2v) is 6.61. The first kappa shape index (κ1) is 23.4. The van der Waals surface area contributed by atoms with Crippen molar-refractivity contribution >= 4 is 11.4 Å². The zero-order valence-electron chi connectivity index (χ0n) is 16.7. The van der Waals surface area contributed by atoms with E-state index in [1.807, 2.05) is 25.1 Å². The third kappa shape index (κ3) is 6.51. The van der Waals surface area contributed by atoms with Crippen molar-refractivity contribution in [3.63, 3.8) is 0 Å². The van der Waals surface area contributed by atoms with Gasteiger partial charge < -0.3 is 10.2 Å². The molecular formula is C23H24N2NiO2. The molecule has 0 aliphatic rings. The van der Waals surface area contributed by atoms with Gasteiger partial charge in [0.15, 0.2) is 0 Å². The van der Waals surface area contributed by atoms with Crippen molar-refractivity contribution in [2.75, 3.05) is 0 Å². The van der Waals surface area contributed by atoms with Crippen molar-refractivity contribution in [2.45, 2.75) is 34.6 Å². The van der Waals surface area contributed by atoms with E-state index < -0.39 is 11.5 Å². The van der Waals surface area contributed by atoms with Gasteiger partial charge in [0.25, 0.3) is 0 Å². The third-order valence-electron chi connectivity index (χ3n) is 4.05. The molecule has 3 rings (SSSR count). The zero-order chi connectivity index (χ0) is 20.0. The SMILES string of the molecule is CC(=Nc1c(C)cc(C)cc1C)c1ccccn1.Cc1ccc([O-])c([O-])c1.[Ni+2]. The Morgan fingerprint density at radius 3 is 1.96 bits per heavy atom. The zero-order valence-corrected chi connectivity index (χ0v) is 17.7. The van der Waals surface area contributed by atoms with Crippen LogP contribution in [0, 0.1) is 27.7 Å². The van der Waals surface area contributed by atoms with Crippen molar-refractivity contribution in [1.29, 1.82) is 0 Å². The molecule has 28 heavy (non-hydrogen) atoms. The predicted molar refractivity (Wildman–Crippen MR) is 107 cm³/mol. The number of rotatable bonds is 2. The molecule has 0 saturated heterocycles. The molecule has 1 heterocycles. The maximum atomic E-state index is 10.5. The van der Waals surface area contributed by atoms with Gasteiger partial charge in [0.05, 0.1) is 17.1 Å². The molecule has 0 saturated carbocycles. The first-order valence-electron chi connectivity index (χ1n) is 8.77. The summed E-state index contributed by atoms with van der Waals surface area (Å²) >= 11 is 0. The molecule has 4 nitrogen and oxygen atoms in total. The van der Waals surface area contributed by atoms with Gasteiger partial charge in [-0.3, -0.25) is 9.98 Å². The third-order valence-corrected chi connectivity index (χ3v) is 4.05. The van der Waals surface area contributed by atoms with Crippen LogP contribution < -0.4 is 10.2 Å². The Balaban J connectivity index is 0.000000332. The number of pyridine rings is 1. The van der Waals surface area contributed by atoms with Gasteiger partial charge in [0.2, 0.25) is 0 Å². The summed E-state index contributed by atoms with van der Waals surface area (Å²) in [5.74, 6) is -0.851. The molecule has 0 aliphatic heterocycles. The van der Waals surface area contributed by atoms with Crippen LogP contribution in [0.15, 0.2) is 59.7 Å². The Morgan fingerprint density at radius 1 is 0.821 bits per heavy atom. The Hall–Kier alpha value is -2.65. The first-order valence-corrected chi connectivity index (χ1v) is 8.77. The Labute approximate surface area is 176 Å². The van der Waals surface area contributed by atoms with Crippen molar-refractivity contribution < 1.29 is 26.7 Å². The number of nitrogens with zero attached hydrogens (tertiary/aromatic N) is 2. The molecule has 0 amide bonds. The summed E-state index contributed by atoms with van der Waals surface area (Å²) in [5, 5.41) is 21.0. The van der Waals surface area contributed by atoms with E-state index in [0.717, 1.165) is 22.7 Å². The molecule has 0 unspecified atom stereocenters. The van der Waals surface area contributed by atoms with Crippen molar-refractivity contribution in [3.05, 3.63) is 82.7 Å². The Bertz CT molecular complexity index is 931. The summed E-state index contributed by atoms with van der Waals surface area (Å²) < 4.78 is 0. The Morgan fingerprint density at radius 2 is 1.46 bits per heavy atom. The maximum Gasteiger partial charge on any atom is 2.00 e. The fourth-order valence-electron chi connectivity index (χ4n) is 2.77. The van der Waals surface area contributed by atoms with Gasteiger partial charge in [-0.2, -0.15) is 0 Å². The quantitative estimate of drug-likeness (QED) is 0.460. The molecule has 148 valence electrons. The van der Waals surface area contributed by atoms with Crippen LogP contribution >= 0.6 is 0 Å². The average Bonchev–Trinajstić information content (AvgIpc) is 2.62. The van der Waals surface area contributed by atoms with Crippen LogP contribution in [0.25, 0.3) is 0 Å². The number of aromatic nitrogens is 1. The van der Waals surface area contributed by atoms with Crippen LogP contribution in [0.1, 0.15) is 34.9 Å². The van der Waals surface area contributed by atoms with Crippen LogP contribution in [-0.2, 0) is 16.5 Å². The summed E-state index contributed by atoms with van der Waals surface area (Å²) in [4.78, 5) is 9.04. The van der Waals surface area contributed by atoms with Gasteiger partial charge in [0.1, 0.15) is 0 Å². The van der Waals surface area contributed by atoms with Crippen LogP contribution in [-0.4, -0.2) is 10.7 Å². The molecule has 5 heteroatoms. The van der Waals surface area contributed by atoms with E-state index in [1.54, 1.807) is 19.2 Å². The predicted octanol–water partition coefficient (Wildman–Crippen LogP) is 4.29. The van der Waals surface area contributed by atoms with E-state index in [4.69, 9.17) is 4.99 Å². The van der Waals surface area contributed by atoms with Gasteiger partial charge in [-0.15, -0.1) is 11.5 Å².